The largest absolute Gasteiger partial charge is 0.247 e. The van der Waals surface area contributed by atoms with Gasteiger partial charge in [0.25, 0.3) is 0 Å². The molecule has 0 amide bonds. The van der Waals surface area contributed by atoms with E-state index in [1.807, 2.05) is 30.3 Å². The van der Waals surface area contributed by atoms with Crippen LogP contribution in [0.5, 0.6) is 0 Å². The summed E-state index contributed by atoms with van der Waals surface area (Å²) in [5.41, 5.74) is 0.993. The number of fused-ring (bicyclic) bond motifs is 1. The predicted octanol–water partition coefficient (Wildman–Crippen LogP) is 1.78. The molecule has 11 heavy (non-hydrogen) atoms. The van der Waals surface area contributed by atoms with Crippen molar-refractivity contribution in [2.45, 2.75) is 4.90 Å². The van der Waals surface area contributed by atoms with E-state index in [4.69, 9.17) is 11.2 Å². The van der Waals surface area contributed by atoms with Gasteiger partial charge in [0.05, 0.1) is 13.4 Å². The molecule has 1 aliphatic heterocycles. The minimum Gasteiger partial charge on any atom is -0.247 e. The first-order chi connectivity index (χ1) is 5.20. The van der Waals surface area contributed by atoms with E-state index in [0.717, 1.165) is 10.5 Å². The Kier molecular flexibility index (Phi) is 1.37. The Morgan fingerprint density at radius 3 is 2.73 bits per heavy atom. The highest BCUT2D eigenvalue weighted by Gasteiger charge is 2.14. The van der Waals surface area contributed by atoms with Crippen molar-refractivity contribution >= 4 is 25.8 Å². The molecule has 0 bridgehead atoms. The molecule has 0 spiro atoms. The molecule has 1 nitrogen and oxygen atoms in total. The van der Waals surface area contributed by atoms with Gasteiger partial charge in [-0.3, -0.25) is 0 Å². The molecule has 0 fully saturated rings. The molecule has 0 radical (unpaired) electrons. The van der Waals surface area contributed by atoms with E-state index >= 15 is 0 Å². The second-order valence-electron chi connectivity index (χ2n) is 2.39. The lowest BCUT2D eigenvalue weighted by molar-refractivity contribution is 0.688. The molecule has 56 valence electrons. The zero-order valence-electron chi connectivity index (χ0n) is 5.69. The quantitative estimate of drug-likeness (QED) is 0.608. The second kappa shape index (κ2) is 2.16. The van der Waals surface area contributed by atoms with Gasteiger partial charge < -0.3 is 0 Å². The average molecular weight is 182 g/mol. The summed E-state index contributed by atoms with van der Waals surface area (Å²) in [4.78, 5) is 0.787. The average Bonchev–Trinajstić information content (AvgIpc) is 2.29. The van der Waals surface area contributed by atoms with Gasteiger partial charge in [0.15, 0.2) is 0 Å². The van der Waals surface area contributed by atoms with Crippen molar-refractivity contribution in [3.05, 3.63) is 35.2 Å². The third-order valence-corrected chi connectivity index (χ3v) is 4.00. The molecule has 1 unspecified atom stereocenters. The summed E-state index contributed by atoms with van der Waals surface area (Å²) < 4.78 is 11.5. The molecule has 2 rings (SSSR count). The number of hydrogen-bond acceptors (Lipinski definition) is 2. The molecule has 1 heterocycles. The van der Waals surface area contributed by atoms with Crippen LogP contribution in [0.25, 0.3) is 6.08 Å². The lowest BCUT2D eigenvalue weighted by Crippen LogP contribution is -1.89. The summed E-state index contributed by atoms with van der Waals surface area (Å²) >= 11 is 4.90. The molecule has 1 aromatic rings. The van der Waals surface area contributed by atoms with Gasteiger partial charge in [-0.25, -0.2) is 4.21 Å². The van der Waals surface area contributed by atoms with Gasteiger partial charge >= 0.3 is 0 Å². The Labute approximate surface area is 70.4 Å². The standard InChI is InChI=1S/C8H6OS2/c9-11(10)6-5-7-3-1-2-4-8(7)11/h1-6H. The normalized spacial score (nSPS) is 26.9. The number of benzene rings is 1. The van der Waals surface area contributed by atoms with Gasteiger partial charge in [-0.2, -0.15) is 0 Å². The first-order valence-electron chi connectivity index (χ1n) is 3.22. The van der Waals surface area contributed by atoms with Crippen molar-refractivity contribution in [2.75, 3.05) is 0 Å². The molecule has 3 heteroatoms. The van der Waals surface area contributed by atoms with Crippen LogP contribution >= 0.6 is 0 Å². The van der Waals surface area contributed by atoms with Gasteiger partial charge in [-0.1, -0.05) is 18.2 Å². The van der Waals surface area contributed by atoms with Crippen LogP contribution in [0.2, 0.25) is 0 Å². The maximum Gasteiger partial charge on any atom is 0.0808 e. The topological polar surface area (TPSA) is 17.1 Å². The Morgan fingerprint density at radius 2 is 2.00 bits per heavy atom. The van der Waals surface area contributed by atoms with Crippen LogP contribution in [0, 0.1) is 0 Å². The predicted molar refractivity (Wildman–Crippen MR) is 49.2 cm³/mol. The van der Waals surface area contributed by atoms with Crippen molar-refractivity contribution < 1.29 is 4.21 Å². The highest BCUT2D eigenvalue weighted by molar-refractivity contribution is 8.34. The molecule has 1 aromatic carbocycles. The number of hydrogen-bond donors (Lipinski definition) is 0. The van der Waals surface area contributed by atoms with Crippen molar-refractivity contribution in [1.82, 2.24) is 0 Å². The summed E-state index contributed by atoms with van der Waals surface area (Å²) in [6, 6.07) is 7.52. The molecular weight excluding hydrogens is 176 g/mol. The Hall–Kier alpha value is -0.670. The van der Waals surface area contributed by atoms with Crippen molar-refractivity contribution in [1.29, 1.82) is 0 Å². The van der Waals surface area contributed by atoms with Crippen LogP contribution in [0.1, 0.15) is 5.56 Å². The molecule has 1 atom stereocenters. The molecule has 1 aliphatic rings. The van der Waals surface area contributed by atoms with Gasteiger partial charge in [-0.15, -0.1) is 0 Å². The molecule has 0 saturated carbocycles. The van der Waals surface area contributed by atoms with E-state index in [1.54, 1.807) is 5.41 Å². The fourth-order valence-electron chi connectivity index (χ4n) is 1.11. The summed E-state index contributed by atoms with van der Waals surface area (Å²) in [5.74, 6) is 0. The zero-order valence-corrected chi connectivity index (χ0v) is 7.32. The fraction of sp³-hybridized carbons (Fsp3) is 0. The molecule has 0 aliphatic carbocycles. The zero-order chi connectivity index (χ0) is 7.90. The summed E-state index contributed by atoms with van der Waals surface area (Å²) in [5, 5.41) is 1.60. The monoisotopic (exact) mass is 182 g/mol. The number of rotatable bonds is 0. The van der Waals surface area contributed by atoms with E-state index < -0.39 is 8.49 Å². The van der Waals surface area contributed by atoms with Crippen LogP contribution in [0.3, 0.4) is 0 Å². The second-order valence-corrected chi connectivity index (χ2v) is 5.67. The molecular formula is C8H6OS2. The maximum absolute atomic E-state index is 11.5. The van der Waals surface area contributed by atoms with E-state index in [0.29, 0.717) is 0 Å². The molecule has 0 aromatic heterocycles. The highest BCUT2D eigenvalue weighted by Crippen LogP contribution is 2.25. The van der Waals surface area contributed by atoms with E-state index in [2.05, 4.69) is 0 Å². The molecule has 0 saturated heterocycles. The van der Waals surface area contributed by atoms with Gasteiger partial charge in [0, 0.05) is 5.41 Å². The SMILES string of the molecule is O=S1(=S)C=Cc2ccccc21. The van der Waals surface area contributed by atoms with E-state index in [9.17, 15) is 4.21 Å². The van der Waals surface area contributed by atoms with Crippen LogP contribution in [-0.2, 0) is 19.7 Å². The van der Waals surface area contributed by atoms with Crippen LogP contribution < -0.4 is 0 Å². The van der Waals surface area contributed by atoms with Crippen molar-refractivity contribution in [2.24, 2.45) is 0 Å². The van der Waals surface area contributed by atoms with Crippen LogP contribution in [-0.4, -0.2) is 4.21 Å². The van der Waals surface area contributed by atoms with E-state index in [-0.39, 0.29) is 0 Å². The first kappa shape index (κ1) is 7.00. The Balaban J connectivity index is 2.84. The fourth-order valence-corrected chi connectivity index (χ4v) is 2.94. The van der Waals surface area contributed by atoms with Gasteiger partial charge in [-0.05, 0) is 28.9 Å². The molecule has 0 N–H and O–H groups in total. The van der Waals surface area contributed by atoms with Crippen molar-refractivity contribution in [3.63, 3.8) is 0 Å². The maximum atomic E-state index is 11.5. The summed E-state index contributed by atoms with van der Waals surface area (Å²) in [6.45, 7) is 0. The van der Waals surface area contributed by atoms with Gasteiger partial charge in [0.1, 0.15) is 0 Å². The lowest BCUT2D eigenvalue weighted by Gasteiger charge is -1.97. The highest BCUT2D eigenvalue weighted by atomic mass is 32.8. The lowest BCUT2D eigenvalue weighted by atomic mass is 10.2. The Bertz CT molecular complexity index is 415. The minimum atomic E-state index is -2.25. The Morgan fingerprint density at radius 1 is 1.27 bits per heavy atom. The van der Waals surface area contributed by atoms with Crippen LogP contribution in [0.15, 0.2) is 34.6 Å². The first-order valence-corrected chi connectivity index (χ1v) is 5.77. The third-order valence-electron chi connectivity index (χ3n) is 1.65. The van der Waals surface area contributed by atoms with E-state index in [1.165, 1.54) is 0 Å². The summed E-state index contributed by atoms with van der Waals surface area (Å²) in [6.07, 6.45) is 1.82. The van der Waals surface area contributed by atoms with Crippen LogP contribution in [0.4, 0.5) is 0 Å². The van der Waals surface area contributed by atoms with Crippen molar-refractivity contribution in [3.8, 4) is 0 Å². The minimum absolute atomic E-state index is 0.787. The third kappa shape index (κ3) is 1.01. The summed E-state index contributed by atoms with van der Waals surface area (Å²) in [7, 11) is -2.25. The smallest absolute Gasteiger partial charge is 0.0808 e. The van der Waals surface area contributed by atoms with Gasteiger partial charge in [0.2, 0.25) is 0 Å².